The van der Waals surface area contributed by atoms with Gasteiger partial charge in [0.25, 0.3) is 5.91 Å². The number of amides is 1. The zero-order valence-corrected chi connectivity index (χ0v) is 15.5. The maximum atomic E-state index is 12.6. The van der Waals surface area contributed by atoms with Crippen molar-refractivity contribution in [2.45, 2.75) is 12.5 Å². The molecule has 29 heavy (non-hydrogen) atoms. The highest BCUT2D eigenvalue weighted by Gasteiger charge is 2.33. The maximum Gasteiger partial charge on any atom is 0.275 e. The van der Waals surface area contributed by atoms with Crippen molar-refractivity contribution >= 4 is 5.91 Å². The van der Waals surface area contributed by atoms with Crippen molar-refractivity contribution in [3.8, 4) is 11.3 Å². The predicted octanol–water partition coefficient (Wildman–Crippen LogP) is 2.62. The molecule has 0 N–H and O–H groups in total. The molecule has 8 nitrogen and oxygen atoms in total. The molecule has 0 aliphatic carbocycles. The summed E-state index contributed by atoms with van der Waals surface area (Å²) >= 11 is 0. The summed E-state index contributed by atoms with van der Waals surface area (Å²) in [5.74, 6) is 0.323. The summed E-state index contributed by atoms with van der Waals surface area (Å²) in [4.78, 5) is 22.7. The monoisotopic (exact) mass is 386 g/mol. The Kier molecular flexibility index (Phi) is 4.36. The number of aromatic nitrogens is 5. The summed E-state index contributed by atoms with van der Waals surface area (Å²) < 4.78 is 7.49. The number of hydrogen-bond donors (Lipinski definition) is 0. The molecule has 0 bridgehead atoms. The van der Waals surface area contributed by atoms with Crippen molar-refractivity contribution in [3.63, 3.8) is 0 Å². The zero-order valence-electron chi connectivity index (χ0n) is 15.5. The summed E-state index contributed by atoms with van der Waals surface area (Å²) in [5.41, 5.74) is 2.87. The van der Waals surface area contributed by atoms with Crippen LogP contribution in [-0.4, -0.2) is 48.6 Å². The summed E-state index contributed by atoms with van der Waals surface area (Å²) in [6.45, 7) is 1.29. The van der Waals surface area contributed by atoms with Crippen LogP contribution >= 0.6 is 0 Å². The van der Waals surface area contributed by atoms with Crippen LogP contribution in [0.4, 0.5) is 0 Å². The van der Waals surface area contributed by atoms with Gasteiger partial charge in [-0.15, -0.1) is 0 Å². The molecule has 1 fully saturated rings. The minimum absolute atomic E-state index is 0.123. The van der Waals surface area contributed by atoms with Gasteiger partial charge in [-0.05, 0) is 12.1 Å². The van der Waals surface area contributed by atoms with Gasteiger partial charge in [-0.3, -0.25) is 4.79 Å². The molecular weight excluding hydrogens is 368 g/mol. The molecule has 4 aromatic rings. The number of likely N-dealkylation sites (tertiary alicyclic amines) is 1. The van der Waals surface area contributed by atoms with Crippen molar-refractivity contribution < 1.29 is 9.21 Å². The van der Waals surface area contributed by atoms with E-state index < -0.39 is 0 Å². The second-order valence-corrected chi connectivity index (χ2v) is 6.95. The van der Waals surface area contributed by atoms with E-state index in [0.717, 1.165) is 17.0 Å². The quantitative estimate of drug-likeness (QED) is 0.524. The molecule has 1 aromatic carbocycles. The summed E-state index contributed by atoms with van der Waals surface area (Å²) in [6.07, 6.45) is 7.21. The van der Waals surface area contributed by atoms with Gasteiger partial charge in [-0.2, -0.15) is 10.2 Å². The third-order valence-corrected chi connectivity index (χ3v) is 4.99. The van der Waals surface area contributed by atoms with Gasteiger partial charge >= 0.3 is 0 Å². The van der Waals surface area contributed by atoms with Gasteiger partial charge in [0.05, 0.1) is 30.2 Å². The Bertz CT molecular complexity index is 1100. The zero-order chi connectivity index (χ0) is 19.6. The number of carbonyl (C=O) groups is 1. The topological polar surface area (TPSA) is 89.9 Å². The number of rotatable bonds is 5. The molecule has 4 heterocycles. The average Bonchev–Trinajstić information content (AvgIpc) is 3.41. The first-order valence-electron chi connectivity index (χ1n) is 9.35. The van der Waals surface area contributed by atoms with E-state index in [9.17, 15) is 4.79 Å². The average molecular weight is 386 g/mol. The normalized spacial score (nSPS) is 14.0. The molecule has 144 valence electrons. The second kappa shape index (κ2) is 7.31. The van der Waals surface area contributed by atoms with Crippen molar-refractivity contribution in [1.29, 1.82) is 0 Å². The SMILES string of the molecule is O=C(c1coc(Cc2ccc(-c3ccccc3)nn2)n1)N1CC(n2ccnc2)C1. The molecular formula is C21H18N6O2. The van der Waals surface area contributed by atoms with Gasteiger partial charge in [0.15, 0.2) is 5.69 Å². The fourth-order valence-electron chi connectivity index (χ4n) is 3.32. The number of benzene rings is 1. The molecule has 3 aromatic heterocycles. The molecule has 0 spiro atoms. The molecule has 0 saturated carbocycles. The molecule has 5 rings (SSSR count). The Morgan fingerprint density at radius 2 is 1.97 bits per heavy atom. The van der Waals surface area contributed by atoms with E-state index in [1.54, 1.807) is 17.4 Å². The lowest BCUT2D eigenvalue weighted by Gasteiger charge is -2.39. The third-order valence-electron chi connectivity index (χ3n) is 4.99. The highest BCUT2D eigenvalue weighted by Crippen LogP contribution is 2.23. The maximum absolute atomic E-state index is 12.6. The number of hydrogen-bond acceptors (Lipinski definition) is 6. The fourth-order valence-corrected chi connectivity index (χ4v) is 3.32. The summed E-state index contributed by atoms with van der Waals surface area (Å²) in [7, 11) is 0. The van der Waals surface area contributed by atoms with Gasteiger partial charge in [-0.1, -0.05) is 30.3 Å². The lowest BCUT2D eigenvalue weighted by Crippen LogP contribution is -2.50. The Morgan fingerprint density at radius 1 is 1.10 bits per heavy atom. The predicted molar refractivity (Wildman–Crippen MR) is 104 cm³/mol. The van der Waals surface area contributed by atoms with Crippen LogP contribution in [0.3, 0.4) is 0 Å². The van der Waals surface area contributed by atoms with Gasteiger partial charge in [0.2, 0.25) is 5.89 Å². The molecule has 0 radical (unpaired) electrons. The first-order valence-corrected chi connectivity index (χ1v) is 9.35. The van der Waals surface area contributed by atoms with E-state index >= 15 is 0 Å². The second-order valence-electron chi connectivity index (χ2n) is 6.95. The van der Waals surface area contributed by atoms with Crippen LogP contribution in [0.2, 0.25) is 0 Å². The molecule has 1 saturated heterocycles. The fraction of sp³-hybridized carbons (Fsp3) is 0.190. The lowest BCUT2D eigenvalue weighted by atomic mass is 10.1. The Labute approximate surface area is 166 Å². The third kappa shape index (κ3) is 3.52. The molecule has 1 aliphatic rings. The van der Waals surface area contributed by atoms with E-state index in [0.29, 0.717) is 31.1 Å². The number of nitrogens with zero attached hydrogens (tertiary/aromatic N) is 6. The molecule has 8 heteroatoms. The van der Waals surface area contributed by atoms with Crippen LogP contribution in [0.25, 0.3) is 11.3 Å². The minimum atomic E-state index is -0.123. The number of carbonyl (C=O) groups excluding carboxylic acids is 1. The van der Waals surface area contributed by atoms with Gasteiger partial charge < -0.3 is 13.9 Å². The van der Waals surface area contributed by atoms with Gasteiger partial charge in [0.1, 0.15) is 6.26 Å². The highest BCUT2D eigenvalue weighted by molar-refractivity contribution is 5.92. The van der Waals surface area contributed by atoms with Gasteiger partial charge in [-0.25, -0.2) is 9.97 Å². The Balaban J connectivity index is 1.21. The van der Waals surface area contributed by atoms with E-state index in [2.05, 4.69) is 20.2 Å². The number of imidazole rings is 1. The van der Waals surface area contributed by atoms with Crippen LogP contribution in [-0.2, 0) is 6.42 Å². The van der Waals surface area contributed by atoms with E-state index in [1.807, 2.05) is 53.2 Å². The van der Waals surface area contributed by atoms with Crippen LogP contribution < -0.4 is 0 Å². The van der Waals surface area contributed by atoms with Crippen molar-refractivity contribution in [3.05, 3.63) is 84.7 Å². The van der Waals surface area contributed by atoms with Crippen LogP contribution in [0.15, 0.2) is 71.9 Å². The smallest absolute Gasteiger partial charge is 0.275 e. The number of oxazole rings is 1. The Hall–Kier alpha value is -3.81. The van der Waals surface area contributed by atoms with Crippen LogP contribution in [0.1, 0.15) is 28.1 Å². The summed E-state index contributed by atoms with van der Waals surface area (Å²) in [5, 5.41) is 8.52. The lowest BCUT2D eigenvalue weighted by molar-refractivity contribution is 0.0514. The van der Waals surface area contributed by atoms with Crippen molar-refractivity contribution in [2.24, 2.45) is 0 Å². The molecule has 1 amide bonds. The van der Waals surface area contributed by atoms with E-state index in [-0.39, 0.29) is 11.9 Å². The van der Waals surface area contributed by atoms with E-state index in [1.165, 1.54) is 6.26 Å². The molecule has 0 atom stereocenters. The van der Waals surface area contributed by atoms with Crippen molar-refractivity contribution in [1.82, 2.24) is 29.6 Å². The minimum Gasteiger partial charge on any atom is -0.448 e. The standard InChI is InChI=1S/C21H18N6O2/c28-21(27-11-17(12-27)26-9-8-22-14-26)19-13-29-20(23-19)10-16-6-7-18(25-24-16)15-4-2-1-3-5-15/h1-9,13-14,17H,10-12H2. The summed E-state index contributed by atoms with van der Waals surface area (Å²) in [6, 6.07) is 14.0. The Morgan fingerprint density at radius 3 is 2.69 bits per heavy atom. The first kappa shape index (κ1) is 17.3. The van der Waals surface area contributed by atoms with Crippen LogP contribution in [0.5, 0.6) is 0 Å². The largest absolute Gasteiger partial charge is 0.448 e. The van der Waals surface area contributed by atoms with Gasteiger partial charge in [0, 0.05) is 31.0 Å². The molecule has 1 aliphatic heterocycles. The molecule has 0 unspecified atom stereocenters. The van der Waals surface area contributed by atoms with Crippen LogP contribution in [0, 0.1) is 0 Å². The highest BCUT2D eigenvalue weighted by atomic mass is 16.3. The van der Waals surface area contributed by atoms with E-state index in [4.69, 9.17) is 4.42 Å². The first-order chi connectivity index (χ1) is 14.3. The van der Waals surface area contributed by atoms with Crippen molar-refractivity contribution in [2.75, 3.05) is 13.1 Å².